The van der Waals surface area contributed by atoms with Crippen LogP contribution in [0.3, 0.4) is 0 Å². The number of carbonyl (C=O) groups excluding carboxylic acids is 1. The van der Waals surface area contributed by atoms with Crippen molar-refractivity contribution in [3.63, 3.8) is 0 Å². The van der Waals surface area contributed by atoms with Gasteiger partial charge in [-0.25, -0.2) is 14.8 Å². The molecular weight excluding hydrogens is 502 g/mol. The Hall–Kier alpha value is -3.83. The first-order chi connectivity index (χ1) is 18.4. The third kappa shape index (κ3) is 4.52. The predicted molar refractivity (Wildman–Crippen MR) is 149 cm³/mol. The van der Waals surface area contributed by atoms with Gasteiger partial charge in [0.15, 0.2) is 0 Å². The molecule has 0 radical (unpaired) electrons. The highest BCUT2D eigenvalue weighted by Crippen LogP contribution is 2.47. The minimum Gasteiger partial charge on any atom is -0.481 e. The van der Waals surface area contributed by atoms with E-state index in [0.717, 1.165) is 27.2 Å². The normalized spacial score (nSPS) is 25.2. The van der Waals surface area contributed by atoms with Crippen LogP contribution in [0, 0.1) is 11.3 Å². The molecule has 3 unspecified atom stereocenters. The maximum absolute atomic E-state index is 13.1. The SMILES string of the molecule is CCNC(=O)NC1(C2CCNCCC2(C)C(=O)O)N=CC=CN1c1cc(-c2ccccn2)c2scnc2c1. The van der Waals surface area contributed by atoms with Crippen molar-refractivity contribution in [3.8, 4) is 11.3 Å². The minimum absolute atomic E-state index is 0.392. The van der Waals surface area contributed by atoms with Gasteiger partial charge in [0.1, 0.15) is 0 Å². The number of anilines is 1. The van der Waals surface area contributed by atoms with Gasteiger partial charge in [-0.3, -0.25) is 15.1 Å². The zero-order chi connectivity index (χ0) is 26.8. The smallest absolute Gasteiger partial charge is 0.318 e. The molecular formula is C27H31N7O3S. The number of carboxylic acids is 1. The average molecular weight is 534 g/mol. The molecule has 0 saturated carbocycles. The molecule has 1 saturated heterocycles. The van der Waals surface area contributed by atoms with Gasteiger partial charge in [-0.1, -0.05) is 6.07 Å². The second-order valence-electron chi connectivity index (χ2n) is 9.67. The van der Waals surface area contributed by atoms with Gasteiger partial charge >= 0.3 is 12.0 Å². The number of allylic oxidation sites excluding steroid dienone is 1. The molecule has 198 valence electrons. The fourth-order valence-electron chi connectivity index (χ4n) is 5.47. The summed E-state index contributed by atoms with van der Waals surface area (Å²) in [7, 11) is 0. The lowest BCUT2D eigenvalue weighted by Crippen LogP contribution is -2.68. The number of aliphatic carboxylic acids is 1. The van der Waals surface area contributed by atoms with Crippen LogP contribution in [0.5, 0.6) is 0 Å². The van der Waals surface area contributed by atoms with E-state index in [0.29, 0.717) is 32.5 Å². The Morgan fingerprint density at radius 3 is 2.89 bits per heavy atom. The lowest BCUT2D eigenvalue weighted by atomic mass is 9.69. The highest BCUT2D eigenvalue weighted by Gasteiger charge is 2.57. The first kappa shape index (κ1) is 25.8. The number of carbonyl (C=O) groups is 2. The van der Waals surface area contributed by atoms with Crippen molar-refractivity contribution in [2.24, 2.45) is 16.3 Å². The number of thiazole rings is 1. The number of hydrogen-bond donors (Lipinski definition) is 4. The van der Waals surface area contributed by atoms with Crippen molar-refractivity contribution in [2.45, 2.75) is 32.5 Å². The molecule has 0 bridgehead atoms. The molecule has 2 aromatic heterocycles. The van der Waals surface area contributed by atoms with Gasteiger partial charge in [-0.2, -0.15) is 0 Å². The third-order valence-electron chi connectivity index (χ3n) is 7.40. The summed E-state index contributed by atoms with van der Waals surface area (Å²) in [5.41, 5.74) is 3.83. The molecule has 4 N–H and O–H groups in total. The summed E-state index contributed by atoms with van der Waals surface area (Å²) in [4.78, 5) is 41.8. The largest absolute Gasteiger partial charge is 0.481 e. The summed E-state index contributed by atoms with van der Waals surface area (Å²) in [6, 6.07) is 9.29. The molecule has 4 heterocycles. The number of carboxylic acid groups (broad SMARTS) is 1. The molecule has 1 aromatic carbocycles. The fourth-order valence-corrected chi connectivity index (χ4v) is 6.26. The van der Waals surface area contributed by atoms with Crippen LogP contribution in [-0.2, 0) is 4.79 Å². The van der Waals surface area contributed by atoms with E-state index in [1.165, 1.54) is 11.3 Å². The van der Waals surface area contributed by atoms with Crippen LogP contribution in [-0.4, -0.2) is 58.7 Å². The molecule has 0 aliphatic carbocycles. The highest BCUT2D eigenvalue weighted by molar-refractivity contribution is 7.17. The molecule has 3 atom stereocenters. The molecule has 38 heavy (non-hydrogen) atoms. The van der Waals surface area contributed by atoms with Crippen molar-refractivity contribution in [1.82, 2.24) is 25.9 Å². The summed E-state index contributed by atoms with van der Waals surface area (Å²) in [6.45, 7) is 5.16. The molecule has 11 heteroatoms. The number of aliphatic imine (C=N–C) groups is 1. The molecule has 0 spiro atoms. The maximum Gasteiger partial charge on any atom is 0.318 e. The third-order valence-corrected chi connectivity index (χ3v) is 8.28. The van der Waals surface area contributed by atoms with Crippen molar-refractivity contribution < 1.29 is 14.7 Å². The summed E-state index contributed by atoms with van der Waals surface area (Å²) in [5.74, 6) is -2.90. The number of amides is 2. The standard InChI is InChI=1S/C27H31N7O3S/c1-3-29-25(37)33-27(22-8-12-28-13-9-26(22,2)24(35)36)32-11-6-14-34(27)18-15-19(20-7-4-5-10-30-20)23-21(16-18)31-17-38-23/h4-7,10-11,14-17,22,28H,3,8-9,12-13H2,1-2H3,(H,35,36)(H2,29,33,37). The molecule has 2 amide bonds. The number of nitrogens with zero attached hydrogens (tertiary/aromatic N) is 4. The van der Waals surface area contributed by atoms with Gasteiger partial charge in [-0.15, -0.1) is 11.3 Å². The van der Waals surface area contributed by atoms with Crippen LogP contribution in [0.2, 0.25) is 0 Å². The van der Waals surface area contributed by atoms with Gasteiger partial charge in [0.25, 0.3) is 0 Å². The Bertz CT molecular complexity index is 1390. The van der Waals surface area contributed by atoms with Gasteiger partial charge in [0, 0.05) is 42.3 Å². The van der Waals surface area contributed by atoms with E-state index in [-0.39, 0.29) is 0 Å². The lowest BCUT2D eigenvalue weighted by molar-refractivity contribution is -0.154. The lowest BCUT2D eigenvalue weighted by Gasteiger charge is -2.50. The summed E-state index contributed by atoms with van der Waals surface area (Å²) < 4.78 is 0.994. The zero-order valence-corrected chi connectivity index (χ0v) is 22.2. The summed E-state index contributed by atoms with van der Waals surface area (Å²) >= 11 is 1.53. The first-order valence-corrected chi connectivity index (χ1v) is 13.6. The highest BCUT2D eigenvalue weighted by atomic mass is 32.1. The first-order valence-electron chi connectivity index (χ1n) is 12.7. The number of rotatable bonds is 6. The second kappa shape index (κ2) is 10.5. The molecule has 1 fully saturated rings. The average Bonchev–Trinajstić information content (AvgIpc) is 3.30. The van der Waals surface area contributed by atoms with Crippen LogP contribution in [0.25, 0.3) is 21.5 Å². The van der Waals surface area contributed by atoms with E-state index in [1.807, 2.05) is 48.4 Å². The van der Waals surface area contributed by atoms with Crippen molar-refractivity contribution >= 4 is 45.5 Å². The second-order valence-corrected chi connectivity index (χ2v) is 10.5. The van der Waals surface area contributed by atoms with Crippen LogP contribution in [0.15, 0.2) is 59.3 Å². The Balaban J connectivity index is 1.72. The fraction of sp³-hybridized carbons (Fsp3) is 0.370. The minimum atomic E-state index is -1.40. The quantitative estimate of drug-likeness (QED) is 0.379. The van der Waals surface area contributed by atoms with Crippen LogP contribution in [0.1, 0.15) is 26.7 Å². The van der Waals surface area contributed by atoms with E-state index in [1.54, 1.807) is 30.9 Å². The predicted octanol–water partition coefficient (Wildman–Crippen LogP) is 3.83. The maximum atomic E-state index is 13.1. The zero-order valence-electron chi connectivity index (χ0n) is 21.3. The van der Waals surface area contributed by atoms with Gasteiger partial charge < -0.3 is 20.6 Å². The molecule has 2 aliphatic heterocycles. The topological polar surface area (TPSA) is 132 Å². The number of urea groups is 1. The van der Waals surface area contributed by atoms with Crippen LogP contribution >= 0.6 is 11.3 Å². The molecule has 3 aromatic rings. The van der Waals surface area contributed by atoms with E-state index >= 15 is 0 Å². The van der Waals surface area contributed by atoms with Gasteiger partial charge in [0.05, 0.1) is 26.8 Å². The molecule has 10 nitrogen and oxygen atoms in total. The van der Waals surface area contributed by atoms with Crippen molar-refractivity contribution in [3.05, 3.63) is 54.3 Å². The van der Waals surface area contributed by atoms with E-state index in [9.17, 15) is 14.7 Å². The summed E-state index contributed by atoms with van der Waals surface area (Å²) in [6.07, 6.45) is 7.89. The Morgan fingerprint density at radius 1 is 1.26 bits per heavy atom. The van der Waals surface area contributed by atoms with Crippen LogP contribution in [0.4, 0.5) is 10.5 Å². The number of hydrogen-bond acceptors (Lipinski definition) is 8. The number of benzene rings is 1. The van der Waals surface area contributed by atoms with Gasteiger partial charge in [-0.05, 0) is 70.1 Å². The van der Waals surface area contributed by atoms with E-state index in [2.05, 4.69) is 25.9 Å². The number of nitrogens with one attached hydrogen (secondary N) is 3. The molecule has 2 aliphatic rings. The Morgan fingerprint density at radius 2 is 2.13 bits per heavy atom. The van der Waals surface area contributed by atoms with Gasteiger partial charge in [0.2, 0.25) is 5.79 Å². The Labute approximate surface area is 224 Å². The summed E-state index contributed by atoms with van der Waals surface area (Å²) in [5, 5.41) is 19.7. The monoisotopic (exact) mass is 533 g/mol. The Kier molecular flexibility index (Phi) is 7.13. The number of aromatic nitrogens is 2. The van der Waals surface area contributed by atoms with E-state index in [4.69, 9.17) is 4.99 Å². The van der Waals surface area contributed by atoms with Crippen molar-refractivity contribution in [1.29, 1.82) is 0 Å². The van der Waals surface area contributed by atoms with Crippen molar-refractivity contribution in [2.75, 3.05) is 24.5 Å². The van der Waals surface area contributed by atoms with E-state index < -0.39 is 29.1 Å². The van der Waals surface area contributed by atoms with Crippen LogP contribution < -0.4 is 20.9 Å². The number of pyridine rings is 1. The molecule has 5 rings (SSSR count). The number of fused-ring (bicyclic) bond motifs is 1.